The molecular formula is C21H25Cl2Zr. The number of halogens is 2. The third-order valence-corrected chi connectivity index (χ3v) is 4.44. The van der Waals surface area contributed by atoms with Crippen LogP contribution < -0.4 is 0 Å². The number of hydrogen-bond donors (Lipinski definition) is 0. The zero-order chi connectivity index (χ0) is 18.1. The first kappa shape index (κ1) is 20.2. The molecule has 0 N–H and O–H groups in total. The van der Waals surface area contributed by atoms with Crippen LogP contribution in [0.3, 0.4) is 0 Å². The van der Waals surface area contributed by atoms with Gasteiger partial charge in [-0.25, -0.2) is 0 Å². The predicted octanol–water partition coefficient (Wildman–Crippen LogP) is 7.24. The first-order chi connectivity index (χ1) is 11.1. The van der Waals surface area contributed by atoms with Crippen molar-refractivity contribution < 1.29 is 20.8 Å². The molecule has 0 atom stereocenters. The molecule has 2 aromatic rings. The summed E-state index contributed by atoms with van der Waals surface area (Å²) in [4.78, 5) is 0. The molecule has 0 aromatic heterocycles. The number of hydrogen-bond acceptors (Lipinski definition) is 0. The molecule has 0 aliphatic heterocycles. The van der Waals surface area contributed by atoms with Gasteiger partial charge in [0.2, 0.25) is 0 Å². The Morgan fingerprint density at radius 1 is 0.667 bits per heavy atom. The first-order valence-electron chi connectivity index (χ1n) is 8.18. The predicted molar refractivity (Wildman–Crippen MR) is 103 cm³/mol. The molecule has 0 saturated carbocycles. The molecule has 0 bridgehead atoms. The van der Waals surface area contributed by atoms with E-state index in [0.29, 0.717) is 0 Å². The van der Waals surface area contributed by atoms with Gasteiger partial charge in [0.1, 0.15) is 0 Å². The molecule has 0 nitrogen and oxygen atoms in total. The Morgan fingerprint density at radius 2 is 1.00 bits per heavy atom. The summed E-state index contributed by atoms with van der Waals surface area (Å²) in [6, 6.07) is 13.8. The van der Waals surface area contributed by atoms with Gasteiger partial charge in [-0.3, -0.25) is 0 Å². The average molecular weight is 440 g/mol. The van der Waals surface area contributed by atoms with Crippen molar-refractivity contribution in [2.24, 2.45) is 0 Å². The van der Waals surface area contributed by atoms with Crippen LogP contribution in [0.5, 0.6) is 0 Å². The van der Waals surface area contributed by atoms with Crippen LogP contribution in [0.25, 0.3) is 11.1 Å². The normalized spacial score (nSPS) is 12.8. The molecule has 0 fully saturated rings. The van der Waals surface area contributed by atoms with Gasteiger partial charge in [0.25, 0.3) is 0 Å². The summed E-state index contributed by atoms with van der Waals surface area (Å²) in [5, 5.41) is 0. The Hall–Kier alpha value is -0.0969. The van der Waals surface area contributed by atoms with Crippen molar-refractivity contribution in [2.45, 2.75) is 52.4 Å². The zero-order valence-electron chi connectivity index (χ0n) is 15.3. The quantitative estimate of drug-likeness (QED) is 0.346. The minimum atomic E-state index is -0.826. The number of rotatable bonds is 0. The van der Waals surface area contributed by atoms with E-state index in [1.54, 1.807) is 0 Å². The Bertz CT molecular complexity index is 660. The van der Waals surface area contributed by atoms with Crippen LogP contribution in [0.15, 0.2) is 36.4 Å². The molecular weight excluding hydrogens is 414 g/mol. The van der Waals surface area contributed by atoms with E-state index in [1.807, 2.05) is 0 Å². The Balaban J connectivity index is 0.000000647. The number of benzene rings is 2. The molecule has 0 heterocycles. The molecule has 1 radical (unpaired) electrons. The minimum absolute atomic E-state index is 0.194. The van der Waals surface area contributed by atoms with Crippen LogP contribution in [0.1, 0.15) is 63.8 Å². The summed E-state index contributed by atoms with van der Waals surface area (Å²) in [6.07, 6.45) is 2.31. The summed E-state index contributed by atoms with van der Waals surface area (Å²) in [5.41, 5.74) is 8.69. The summed E-state index contributed by atoms with van der Waals surface area (Å²) < 4.78 is 0. The first-order valence-corrected chi connectivity index (χ1v) is 14.5. The van der Waals surface area contributed by atoms with Gasteiger partial charge in [-0.2, -0.15) is 0 Å². The monoisotopic (exact) mass is 437 g/mol. The van der Waals surface area contributed by atoms with Crippen molar-refractivity contribution in [2.75, 3.05) is 0 Å². The fraction of sp³-hybridized carbons (Fsp3) is 0.381. The Kier molecular flexibility index (Phi) is 6.44. The van der Waals surface area contributed by atoms with Gasteiger partial charge in [-0.15, -0.1) is 0 Å². The van der Waals surface area contributed by atoms with E-state index in [0.717, 1.165) is 0 Å². The van der Waals surface area contributed by atoms with Crippen LogP contribution in [0.2, 0.25) is 0 Å². The van der Waals surface area contributed by atoms with Gasteiger partial charge in [0, 0.05) is 6.42 Å². The standard InChI is InChI=1S/C21H25.2ClH.Zr/c1-20(2,3)16-9-7-14-11-15-8-10-17(21(4,5)6)13-19(15)18(14)12-16;;;/h7-13H,1-6H3;2*1H;/q;;;+2/p-2. The maximum absolute atomic E-state index is 4.93. The van der Waals surface area contributed by atoms with Crippen LogP contribution in [-0.2, 0) is 31.7 Å². The summed E-state index contributed by atoms with van der Waals surface area (Å²) in [5.74, 6) is 0. The van der Waals surface area contributed by atoms with Crippen molar-refractivity contribution >= 4 is 17.0 Å². The average Bonchev–Trinajstić information content (AvgIpc) is 2.83. The van der Waals surface area contributed by atoms with E-state index in [2.05, 4.69) is 84.4 Å². The van der Waals surface area contributed by atoms with Gasteiger partial charge in [0.15, 0.2) is 0 Å². The summed E-state index contributed by atoms with van der Waals surface area (Å²) in [7, 11) is 9.87. The van der Waals surface area contributed by atoms with E-state index >= 15 is 0 Å². The molecule has 3 rings (SSSR count). The molecule has 0 amide bonds. The van der Waals surface area contributed by atoms with Crippen LogP contribution in [-0.4, -0.2) is 0 Å². The van der Waals surface area contributed by atoms with Crippen LogP contribution >= 0.6 is 17.0 Å². The summed E-state index contributed by atoms with van der Waals surface area (Å²) in [6.45, 7) is 13.7. The van der Waals surface area contributed by atoms with Crippen LogP contribution in [0.4, 0.5) is 0 Å². The maximum atomic E-state index is 4.93. The molecule has 0 saturated heterocycles. The number of fused-ring (bicyclic) bond motifs is 3. The van der Waals surface area contributed by atoms with Gasteiger partial charge in [-0.1, -0.05) is 77.9 Å². The fourth-order valence-corrected chi connectivity index (χ4v) is 2.93. The molecule has 2 aromatic carbocycles. The van der Waals surface area contributed by atoms with Crippen LogP contribution in [0, 0.1) is 6.42 Å². The molecule has 1 aliphatic rings. The van der Waals surface area contributed by atoms with Gasteiger partial charge < -0.3 is 0 Å². The Morgan fingerprint density at radius 3 is 1.29 bits per heavy atom. The molecule has 1 aliphatic carbocycles. The van der Waals surface area contributed by atoms with Gasteiger partial charge in [0.05, 0.1) is 0 Å². The van der Waals surface area contributed by atoms with E-state index in [4.69, 9.17) is 17.0 Å². The van der Waals surface area contributed by atoms with E-state index < -0.39 is 20.8 Å². The Labute approximate surface area is 165 Å². The van der Waals surface area contributed by atoms with Crippen molar-refractivity contribution in [3.05, 3.63) is 65.1 Å². The van der Waals surface area contributed by atoms with Crippen molar-refractivity contribution in [1.82, 2.24) is 0 Å². The second-order valence-corrected chi connectivity index (χ2v) is 12.1. The van der Waals surface area contributed by atoms with Gasteiger partial charge in [-0.05, 0) is 44.2 Å². The zero-order valence-corrected chi connectivity index (χ0v) is 19.3. The topological polar surface area (TPSA) is 0 Å². The van der Waals surface area contributed by atoms with E-state index in [9.17, 15) is 0 Å². The molecule has 0 unspecified atom stereocenters. The third kappa shape index (κ3) is 4.54. The summed E-state index contributed by atoms with van der Waals surface area (Å²) >= 11 is -0.826. The second-order valence-electron chi connectivity index (χ2n) is 8.32. The van der Waals surface area contributed by atoms with E-state index in [-0.39, 0.29) is 10.8 Å². The van der Waals surface area contributed by atoms with Crippen molar-refractivity contribution in [1.29, 1.82) is 0 Å². The third-order valence-electron chi connectivity index (χ3n) is 4.44. The molecule has 24 heavy (non-hydrogen) atoms. The van der Waals surface area contributed by atoms with Crippen molar-refractivity contribution in [3.63, 3.8) is 0 Å². The van der Waals surface area contributed by atoms with Gasteiger partial charge >= 0.3 is 37.9 Å². The van der Waals surface area contributed by atoms with Crippen molar-refractivity contribution in [3.8, 4) is 11.1 Å². The second kappa shape index (κ2) is 7.65. The molecule has 3 heteroatoms. The molecule has 0 spiro atoms. The molecule has 127 valence electrons. The fourth-order valence-electron chi connectivity index (χ4n) is 2.93. The SMILES string of the molecule is CC(C)(C)c1ccc2c(c1)-c1cc(C(C)(C)C)ccc1[CH]2.[Cl][Zr][Cl]. The van der Waals surface area contributed by atoms with E-state index in [1.165, 1.54) is 33.4 Å².